The van der Waals surface area contributed by atoms with Crippen molar-refractivity contribution in [3.63, 3.8) is 0 Å². The van der Waals surface area contributed by atoms with Crippen LogP contribution < -0.4 is 16.0 Å². The highest BCUT2D eigenvalue weighted by molar-refractivity contribution is 6.30. The number of rotatable bonds is 11. The molecule has 2 aromatic heterocycles. The van der Waals surface area contributed by atoms with E-state index in [1.807, 2.05) is 19.1 Å². The molecule has 42 heavy (non-hydrogen) atoms. The molecule has 1 aliphatic carbocycles. The zero-order valence-electron chi connectivity index (χ0n) is 23.4. The Morgan fingerprint density at radius 1 is 1.12 bits per heavy atom. The van der Waals surface area contributed by atoms with E-state index in [4.69, 9.17) is 11.6 Å². The summed E-state index contributed by atoms with van der Waals surface area (Å²) >= 11 is 5.89. The van der Waals surface area contributed by atoms with Gasteiger partial charge in [0.2, 0.25) is 5.91 Å². The quantitative estimate of drug-likeness (QED) is 0.258. The molecule has 3 amide bonds. The molecule has 3 aromatic rings. The van der Waals surface area contributed by atoms with Gasteiger partial charge in [-0.05, 0) is 78.6 Å². The average Bonchev–Trinajstić information content (AvgIpc) is 3.74. The van der Waals surface area contributed by atoms with Crippen molar-refractivity contribution in [1.82, 2.24) is 20.2 Å². The minimum Gasteiger partial charge on any atom is -0.322 e. The maximum atomic E-state index is 15.2. The van der Waals surface area contributed by atoms with Crippen LogP contribution in [0.2, 0.25) is 5.02 Å². The topological polar surface area (TPSA) is 116 Å². The van der Waals surface area contributed by atoms with Crippen molar-refractivity contribution in [1.29, 1.82) is 0 Å². The second-order valence-electron chi connectivity index (χ2n) is 11.2. The maximum Gasteiger partial charge on any atom is 0.323 e. The molecule has 2 fully saturated rings. The van der Waals surface area contributed by atoms with Crippen LogP contribution in [0.15, 0.2) is 61.1 Å². The number of hydrogen-bond acceptors (Lipinski definition) is 6. The van der Waals surface area contributed by atoms with E-state index < -0.39 is 29.3 Å². The van der Waals surface area contributed by atoms with E-state index in [-0.39, 0.29) is 18.2 Å². The summed E-state index contributed by atoms with van der Waals surface area (Å²) in [6, 6.07) is 10.3. The summed E-state index contributed by atoms with van der Waals surface area (Å²) in [6.07, 6.45) is 9.99. The Morgan fingerprint density at radius 2 is 1.90 bits per heavy atom. The number of nitrogens with zero attached hydrogens (tertiary/aromatic N) is 3. The smallest absolute Gasteiger partial charge is 0.322 e. The predicted molar refractivity (Wildman–Crippen MR) is 159 cm³/mol. The zero-order chi connectivity index (χ0) is 29.7. The SMILES string of the molecule is C[C@@H]1CC(C(=O)Nc2cc(C(CCC3CC3)(NCC=O)c3ccncc3)ccc2F)N(C(=O)Nc2ccc(Cl)cn2)C1. The summed E-state index contributed by atoms with van der Waals surface area (Å²) in [4.78, 5) is 47.8. The molecule has 1 aromatic carbocycles. The highest BCUT2D eigenvalue weighted by Crippen LogP contribution is 2.42. The molecule has 3 atom stereocenters. The van der Waals surface area contributed by atoms with Crippen molar-refractivity contribution < 1.29 is 18.8 Å². The number of amides is 3. The Kier molecular flexibility index (Phi) is 9.13. The van der Waals surface area contributed by atoms with Gasteiger partial charge in [0.1, 0.15) is 24.0 Å². The summed E-state index contributed by atoms with van der Waals surface area (Å²) in [5, 5.41) is 9.29. The van der Waals surface area contributed by atoms with Crippen LogP contribution in [0.25, 0.3) is 0 Å². The molecule has 1 aliphatic heterocycles. The Morgan fingerprint density at radius 3 is 2.60 bits per heavy atom. The van der Waals surface area contributed by atoms with Gasteiger partial charge in [0.05, 0.1) is 22.8 Å². The molecule has 0 radical (unpaired) electrons. The minimum absolute atomic E-state index is 0.00883. The van der Waals surface area contributed by atoms with Crippen molar-refractivity contribution in [2.24, 2.45) is 11.8 Å². The average molecular weight is 593 g/mol. The number of urea groups is 1. The summed E-state index contributed by atoms with van der Waals surface area (Å²) in [6.45, 7) is 2.41. The number of carbonyl (C=O) groups excluding carboxylic acids is 3. The first-order chi connectivity index (χ1) is 20.3. The number of hydrogen-bond donors (Lipinski definition) is 3. The molecule has 0 bridgehead atoms. The third kappa shape index (κ3) is 6.77. The molecule has 1 saturated heterocycles. The molecule has 9 nitrogen and oxygen atoms in total. The fourth-order valence-corrected chi connectivity index (χ4v) is 5.79. The lowest BCUT2D eigenvalue weighted by atomic mass is 9.78. The van der Waals surface area contributed by atoms with Gasteiger partial charge in [0.25, 0.3) is 0 Å². The summed E-state index contributed by atoms with van der Waals surface area (Å²) in [7, 11) is 0. The summed E-state index contributed by atoms with van der Waals surface area (Å²) in [5.74, 6) is -0.0874. The van der Waals surface area contributed by atoms with Crippen molar-refractivity contribution >= 4 is 41.3 Å². The Bertz CT molecular complexity index is 1420. The van der Waals surface area contributed by atoms with Crippen molar-refractivity contribution in [3.05, 3.63) is 83.0 Å². The number of benzene rings is 1. The number of anilines is 2. The Balaban J connectivity index is 1.41. The number of pyridine rings is 2. The van der Waals surface area contributed by atoms with Crippen LogP contribution in [-0.4, -0.2) is 52.2 Å². The van der Waals surface area contributed by atoms with Gasteiger partial charge >= 0.3 is 6.03 Å². The van der Waals surface area contributed by atoms with E-state index in [1.54, 1.807) is 36.7 Å². The monoisotopic (exact) mass is 592 g/mol. The molecule has 3 N–H and O–H groups in total. The fraction of sp³-hybridized carbons (Fsp3) is 0.387. The highest BCUT2D eigenvalue weighted by Gasteiger charge is 2.39. The Hall–Kier alpha value is -3.89. The van der Waals surface area contributed by atoms with Gasteiger partial charge in [-0.15, -0.1) is 0 Å². The van der Waals surface area contributed by atoms with E-state index in [0.717, 1.165) is 23.8 Å². The van der Waals surface area contributed by atoms with Gasteiger partial charge in [0, 0.05) is 25.1 Å². The predicted octanol–water partition coefficient (Wildman–Crippen LogP) is 5.37. The van der Waals surface area contributed by atoms with Gasteiger partial charge in [-0.3, -0.25) is 20.4 Å². The third-order valence-corrected chi connectivity index (χ3v) is 8.26. The van der Waals surface area contributed by atoms with Crippen LogP contribution in [0, 0.1) is 17.7 Å². The van der Waals surface area contributed by atoms with E-state index in [2.05, 4.69) is 25.9 Å². The first-order valence-electron chi connectivity index (χ1n) is 14.2. The molecule has 3 heterocycles. The van der Waals surface area contributed by atoms with E-state index in [0.29, 0.717) is 36.1 Å². The van der Waals surface area contributed by atoms with Crippen LogP contribution in [0.1, 0.15) is 50.2 Å². The standard InChI is InChI=1S/C31H34ClFN6O3/c1-20-16-27(39(19-20)30(42)38-28-7-5-24(32)18-35-28)29(41)37-26-17-23(4-6-25(26)33)31(36-14-15-40,11-8-21-2-3-21)22-9-12-34-13-10-22/h4-7,9-10,12-13,15,17-18,20-21,27,36H,2-3,8,11,14,16,19H2,1H3,(H,37,41)(H,35,38,42)/t20-,27?,31?/m1/s1. The van der Waals surface area contributed by atoms with Gasteiger partial charge < -0.3 is 15.0 Å². The number of aromatic nitrogens is 2. The first-order valence-corrected chi connectivity index (χ1v) is 14.6. The normalized spacial score (nSPS) is 19.6. The van der Waals surface area contributed by atoms with Gasteiger partial charge in [-0.25, -0.2) is 14.2 Å². The van der Waals surface area contributed by atoms with Crippen molar-refractivity contribution in [2.75, 3.05) is 23.7 Å². The van der Waals surface area contributed by atoms with E-state index in [1.165, 1.54) is 30.0 Å². The van der Waals surface area contributed by atoms with Crippen LogP contribution in [0.4, 0.5) is 20.7 Å². The second kappa shape index (κ2) is 13.0. The van der Waals surface area contributed by atoms with Gasteiger partial charge in [-0.1, -0.05) is 37.4 Å². The third-order valence-electron chi connectivity index (χ3n) is 8.04. The lowest BCUT2D eigenvalue weighted by Gasteiger charge is -2.36. The largest absolute Gasteiger partial charge is 0.323 e. The summed E-state index contributed by atoms with van der Waals surface area (Å²) in [5.41, 5.74) is 0.830. The van der Waals surface area contributed by atoms with Crippen LogP contribution >= 0.6 is 11.6 Å². The number of carbonyl (C=O) groups is 3. The van der Waals surface area contributed by atoms with E-state index in [9.17, 15) is 14.4 Å². The number of nitrogens with one attached hydrogen (secondary N) is 3. The number of halogens is 2. The molecule has 1 saturated carbocycles. The molecule has 220 valence electrons. The van der Waals surface area contributed by atoms with Crippen molar-refractivity contribution in [2.45, 2.75) is 50.6 Å². The highest BCUT2D eigenvalue weighted by atomic mass is 35.5. The molecule has 2 unspecified atom stereocenters. The lowest BCUT2D eigenvalue weighted by Crippen LogP contribution is -2.46. The zero-order valence-corrected chi connectivity index (χ0v) is 24.1. The van der Waals surface area contributed by atoms with Crippen LogP contribution in [-0.2, 0) is 15.1 Å². The minimum atomic E-state index is -0.802. The maximum absolute atomic E-state index is 15.2. The van der Waals surface area contributed by atoms with Crippen LogP contribution in [0.3, 0.4) is 0 Å². The van der Waals surface area contributed by atoms with Gasteiger partial charge in [-0.2, -0.15) is 0 Å². The first kappa shape index (κ1) is 29.6. The summed E-state index contributed by atoms with van der Waals surface area (Å²) < 4.78 is 15.2. The van der Waals surface area contributed by atoms with E-state index >= 15 is 4.39 Å². The second-order valence-corrected chi connectivity index (χ2v) is 11.6. The number of likely N-dealkylation sites (tertiary alicyclic amines) is 1. The molecule has 2 aliphatic rings. The molecular formula is C31H34ClFN6O3. The molecule has 0 spiro atoms. The fourth-order valence-electron chi connectivity index (χ4n) is 5.68. The molecule has 11 heteroatoms. The van der Waals surface area contributed by atoms with Gasteiger partial charge in [0.15, 0.2) is 0 Å². The van der Waals surface area contributed by atoms with Crippen molar-refractivity contribution in [3.8, 4) is 0 Å². The molecular weight excluding hydrogens is 559 g/mol. The molecule has 5 rings (SSSR count). The Labute approximate surface area is 249 Å². The number of aldehydes is 1. The lowest BCUT2D eigenvalue weighted by molar-refractivity contribution is -0.119. The van der Waals surface area contributed by atoms with Crippen LogP contribution in [0.5, 0.6) is 0 Å².